The summed E-state index contributed by atoms with van der Waals surface area (Å²) in [4.78, 5) is 2.34. The van der Waals surface area contributed by atoms with Crippen LogP contribution >= 0.6 is 0 Å². The Morgan fingerprint density at radius 2 is 1.67 bits per heavy atom. The second-order valence-electron chi connectivity index (χ2n) is 7.07. The van der Waals surface area contributed by atoms with Crippen LogP contribution in [0.25, 0.3) is 0 Å². The maximum absolute atomic E-state index is 13.5. The third-order valence-corrected chi connectivity index (χ3v) is 3.07. The number of nitrogens with zero attached hydrogens (tertiary/aromatic N) is 1. The number of halogens is 1. The Kier molecular flexibility index (Phi) is 3.49. The first-order valence-corrected chi connectivity index (χ1v) is 6.00. The Bertz CT molecular complexity index is 212. The fourth-order valence-corrected chi connectivity index (χ4v) is 2.58. The average molecular weight is 215 g/mol. The molecule has 1 aliphatic heterocycles. The molecule has 0 radical (unpaired) electrons. The molecule has 0 aromatic rings. The molecule has 0 aliphatic carbocycles. The van der Waals surface area contributed by atoms with Gasteiger partial charge in [0.1, 0.15) is 6.17 Å². The van der Waals surface area contributed by atoms with Crippen LogP contribution in [0.1, 0.15) is 54.4 Å². The van der Waals surface area contributed by atoms with Crippen LogP contribution in [0.2, 0.25) is 0 Å². The van der Waals surface area contributed by atoms with Gasteiger partial charge in [0.15, 0.2) is 0 Å². The summed E-state index contributed by atoms with van der Waals surface area (Å²) in [6.45, 7) is 13.9. The van der Waals surface area contributed by atoms with E-state index >= 15 is 0 Å². The standard InChI is InChI=1S/C13H26FN/c1-12(2,3)8-11-7-10(14)9-15(11)13(4,5)6/h10-11H,7-9H2,1-6H3/t10?,11-/m0/s1. The lowest BCUT2D eigenvalue weighted by atomic mass is 9.86. The van der Waals surface area contributed by atoms with E-state index in [-0.39, 0.29) is 11.0 Å². The van der Waals surface area contributed by atoms with Gasteiger partial charge in [-0.2, -0.15) is 0 Å². The molecule has 2 heteroatoms. The molecule has 1 saturated heterocycles. The minimum absolute atomic E-state index is 0.0940. The molecule has 0 bridgehead atoms. The van der Waals surface area contributed by atoms with E-state index in [0.717, 1.165) is 6.42 Å². The molecule has 1 heterocycles. The second kappa shape index (κ2) is 4.04. The second-order valence-corrected chi connectivity index (χ2v) is 7.07. The third-order valence-electron chi connectivity index (χ3n) is 3.07. The van der Waals surface area contributed by atoms with Crippen LogP contribution < -0.4 is 0 Å². The van der Waals surface area contributed by atoms with Crippen molar-refractivity contribution in [3.05, 3.63) is 0 Å². The monoisotopic (exact) mass is 215 g/mol. The first kappa shape index (κ1) is 13.0. The van der Waals surface area contributed by atoms with Gasteiger partial charge >= 0.3 is 0 Å². The molecule has 1 fully saturated rings. The lowest BCUT2D eigenvalue weighted by Gasteiger charge is -2.39. The zero-order valence-corrected chi connectivity index (χ0v) is 11.1. The molecule has 0 aromatic carbocycles. The van der Waals surface area contributed by atoms with Gasteiger partial charge in [-0.3, -0.25) is 4.90 Å². The summed E-state index contributed by atoms with van der Waals surface area (Å²) in [7, 11) is 0. The summed E-state index contributed by atoms with van der Waals surface area (Å²) < 4.78 is 13.5. The molecule has 0 N–H and O–H groups in total. The van der Waals surface area contributed by atoms with Crippen molar-refractivity contribution in [1.29, 1.82) is 0 Å². The van der Waals surface area contributed by atoms with Gasteiger partial charge in [-0.15, -0.1) is 0 Å². The molecule has 1 unspecified atom stereocenters. The van der Waals surface area contributed by atoms with Gasteiger partial charge in [0.05, 0.1) is 0 Å². The van der Waals surface area contributed by atoms with Gasteiger partial charge in [-0.1, -0.05) is 20.8 Å². The van der Waals surface area contributed by atoms with Crippen molar-refractivity contribution in [3.63, 3.8) is 0 Å². The Morgan fingerprint density at radius 1 is 1.13 bits per heavy atom. The lowest BCUT2D eigenvalue weighted by molar-refractivity contribution is 0.0921. The van der Waals surface area contributed by atoms with E-state index in [1.165, 1.54) is 0 Å². The number of rotatable bonds is 1. The van der Waals surface area contributed by atoms with E-state index in [0.29, 0.717) is 19.0 Å². The van der Waals surface area contributed by atoms with Crippen molar-refractivity contribution >= 4 is 0 Å². The van der Waals surface area contributed by atoms with Crippen molar-refractivity contribution in [3.8, 4) is 0 Å². The molecule has 90 valence electrons. The predicted octanol–water partition coefficient (Wildman–Crippen LogP) is 3.63. The zero-order chi connectivity index (χ0) is 11.9. The summed E-state index contributed by atoms with van der Waals surface area (Å²) in [5.74, 6) is 0. The largest absolute Gasteiger partial charge is 0.293 e. The number of hydrogen-bond acceptors (Lipinski definition) is 1. The normalized spacial score (nSPS) is 29.8. The highest BCUT2D eigenvalue weighted by Crippen LogP contribution is 2.35. The predicted molar refractivity (Wildman–Crippen MR) is 63.8 cm³/mol. The molecular formula is C13H26FN. The third kappa shape index (κ3) is 3.75. The molecular weight excluding hydrogens is 189 g/mol. The van der Waals surface area contributed by atoms with Crippen molar-refractivity contribution in [2.45, 2.75) is 72.1 Å². The smallest absolute Gasteiger partial charge is 0.114 e. The lowest BCUT2D eigenvalue weighted by Crippen LogP contribution is -2.45. The Morgan fingerprint density at radius 3 is 2.07 bits per heavy atom. The molecule has 0 amide bonds. The molecule has 2 atom stereocenters. The number of hydrogen-bond donors (Lipinski definition) is 0. The van der Waals surface area contributed by atoms with Crippen LogP contribution in [0.3, 0.4) is 0 Å². The SMILES string of the molecule is CC(C)(C)C[C@@H]1CC(F)CN1C(C)(C)C. The number of alkyl halides is 1. The molecule has 1 aliphatic rings. The first-order valence-electron chi connectivity index (χ1n) is 6.00. The maximum Gasteiger partial charge on any atom is 0.114 e. The van der Waals surface area contributed by atoms with Crippen molar-refractivity contribution in [2.24, 2.45) is 5.41 Å². The highest BCUT2D eigenvalue weighted by molar-refractivity contribution is 4.93. The van der Waals surface area contributed by atoms with Crippen LogP contribution in [0.15, 0.2) is 0 Å². The fraction of sp³-hybridized carbons (Fsp3) is 1.00. The number of likely N-dealkylation sites (tertiary alicyclic amines) is 1. The van der Waals surface area contributed by atoms with Crippen molar-refractivity contribution in [2.75, 3.05) is 6.54 Å². The van der Waals surface area contributed by atoms with Crippen LogP contribution in [0, 0.1) is 5.41 Å². The van der Waals surface area contributed by atoms with E-state index in [9.17, 15) is 4.39 Å². The molecule has 0 aromatic heterocycles. The highest BCUT2D eigenvalue weighted by atomic mass is 19.1. The van der Waals surface area contributed by atoms with Gasteiger partial charge in [-0.25, -0.2) is 4.39 Å². The average Bonchev–Trinajstić information content (AvgIpc) is 2.25. The van der Waals surface area contributed by atoms with E-state index in [4.69, 9.17) is 0 Å². The minimum atomic E-state index is -0.628. The Labute approximate surface area is 94.0 Å². The van der Waals surface area contributed by atoms with Gasteiger partial charge in [0.2, 0.25) is 0 Å². The van der Waals surface area contributed by atoms with Gasteiger partial charge in [0.25, 0.3) is 0 Å². The van der Waals surface area contributed by atoms with Crippen molar-refractivity contribution < 1.29 is 4.39 Å². The summed E-state index contributed by atoms with van der Waals surface area (Å²) in [5.41, 5.74) is 0.384. The van der Waals surface area contributed by atoms with Gasteiger partial charge < -0.3 is 0 Å². The summed E-state index contributed by atoms with van der Waals surface area (Å²) >= 11 is 0. The van der Waals surface area contributed by atoms with E-state index in [1.807, 2.05) is 0 Å². The maximum atomic E-state index is 13.5. The highest BCUT2D eigenvalue weighted by Gasteiger charge is 2.39. The fourth-order valence-electron chi connectivity index (χ4n) is 2.58. The molecule has 0 saturated carbocycles. The zero-order valence-electron chi connectivity index (χ0n) is 11.1. The van der Waals surface area contributed by atoms with E-state index in [2.05, 4.69) is 46.4 Å². The topological polar surface area (TPSA) is 3.24 Å². The quantitative estimate of drug-likeness (QED) is 0.645. The molecule has 1 rings (SSSR count). The van der Waals surface area contributed by atoms with E-state index < -0.39 is 6.17 Å². The Balaban J connectivity index is 2.70. The summed E-state index contributed by atoms with van der Waals surface area (Å²) in [6, 6.07) is 0.417. The summed E-state index contributed by atoms with van der Waals surface area (Å²) in [5, 5.41) is 0. The van der Waals surface area contributed by atoms with Crippen molar-refractivity contribution in [1.82, 2.24) is 4.90 Å². The Hall–Kier alpha value is -0.110. The van der Waals surface area contributed by atoms with Gasteiger partial charge in [0, 0.05) is 18.1 Å². The van der Waals surface area contributed by atoms with Gasteiger partial charge in [-0.05, 0) is 39.0 Å². The minimum Gasteiger partial charge on any atom is -0.293 e. The van der Waals surface area contributed by atoms with Crippen LogP contribution in [-0.2, 0) is 0 Å². The summed E-state index contributed by atoms with van der Waals surface area (Å²) in [6.07, 6.45) is 1.18. The van der Waals surface area contributed by atoms with Crippen LogP contribution in [-0.4, -0.2) is 29.2 Å². The molecule has 15 heavy (non-hydrogen) atoms. The molecule has 0 spiro atoms. The van der Waals surface area contributed by atoms with Crippen LogP contribution in [0.4, 0.5) is 4.39 Å². The first-order chi connectivity index (χ1) is 6.59. The molecule has 1 nitrogen and oxygen atoms in total. The van der Waals surface area contributed by atoms with Crippen LogP contribution in [0.5, 0.6) is 0 Å². The van der Waals surface area contributed by atoms with E-state index in [1.54, 1.807) is 0 Å².